The number of nitrogens with one attached hydrogen (secondary N) is 1. The molecule has 1 fully saturated rings. The number of likely N-dealkylation sites (tertiary alicyclic amines) is 1. The molecule has 2 aromatic heterocycles. The van der Waals surface area contributed by atoms with Crippen molar-refractivity contribution >= 4 is 5.91 Å². The minimum absolute atomic E-state index is 0.0148. The van der Waals surface area contributed by atoms with Crippen molar-refractivity contribution in [2.75, 3.05) is 13.1 Å². The maximum atomic E-state index is 12.6. The number of carbonyl (C=O) groups is 1. The molecule has 1 aliphatic rings. The molecule has 1 aliphatic heterocycles. The van der Waals surface area contributed by atoms with Crippen molar-refractivity contribution in [3.63, 3.8) is 0 Å². The van der Waals surface area contributed by atoms with E-state index in [0.717, 1.165) is 17.1 Å². The Bertz CT molecular complexity index is 690. The second kappa shape index (κ2) is 5.57. The van der Waals surface area contributed by atoms with Crippen LogP contribution in [-0.4, -0.2) is 55.1 Å². The van der Waals surface area contributed by atoms with Crippen molar-refractivity contribution in [2.45, 2.75) is 26.4 Å². The van der Waals surface area contributed by atoms with Crippen LogP contribution in [0.25, 0.3) is 0 Å². The highest BCUT2D eigenvalue weighted by Gasteiger charge is 2.35. The summed E-state index contributed by atoms with van der Waals surface area (Å²) >= 11 is 0. The number of rotatable bonds is 3. The van der Waals surface area contributed by atoms with Crippen LogP contribution >= 0.6 is 0 Å². The second-order valence-electron chi connectivity index (χ2n) is 6.08. The second-order valence-corrected chi connectivity index (χ2v) is 6.08. The van der Waals surface area contributed by atoms with Gasteiger partial charge >= 0.3 is 0 Å². The van der Waals surface area contributed by atoms with Crippen LogP contribution in [0.15, 0.2) is 12.1 Å². The molecule has 0 aliphatic carbocycles. The summed E-state index contributed by atoms with van der Waals surface area (Å²) in [6, 6.07) is 3.75. The molecular formula is C15H21N5O2. The van der Waals surface area contributed by atoms with Crippen molar-refractivity contribution < 1.29 is 9.90 Å². The lowest BCUT2D eigenvalue weighted by Crippen LogP contribution is -2.31. The van der Waals surface area contributed by atoms with Gasteiger partial charge in [0.15, 0.2) is 0 Å². The van der Waals surface area contributed by atoms with E-state index in [2.05, 4.69) is 15.3 Å². The highest BCUT2D eigenvalue weighted by Crippen LogP contribution is 2.23. The maximum Gasteiger partial charge on any atom is 0.272 e. The number of hydrogen-bond donors (Lipinski definition) is 2. The summed E-state index contributed by atoms with van der Waals surface area (Å²) in [7, 11) is 1.76. The van der Waals surface area contributed by atoms with Gasteiger partial charge in [0.05, 0.1) is 17.5 Å². The molecule has 2 unspecified atom stereocenters. The van der Waals surface area contributed by atoms with E-state index in [4.69, 9.17) is 0 Å². The van der Waals surface area contributed by atoms with Gasteiger partial charge in [0.25, 0.3) is 5.91 Å². The predicted molar refractivity (Wildman–Crippen MR) is 80.4 cm³/mol. The highest BCUT2D eigenvalue weighted by atomic mass is 16.3. The molecule has 118 valence electrons. The Balaban J connectivity index is 1.70. The summed E-state index contributed by atoms with van der Waals surface area (Å²) in [6.45, 7) is 4.70. The Morgan fingerprint density at radius 2 is 2.18 bits per heavy atom. The third-order valence-corrected chi connectivity index (χ3v) is 4.15. The summed E-state index contributed by atoms with van der Waals surface area (Å²) in [5, 5.41) is 21.6. The monoisotopic (exact) mass is 303 g/mol. The number of carbonyl (C=O) groups excluding carboxylic acids is 1. The molecule has 2 N–H and O–H groups in total. The fourth-order valence-electron chi connectivity index (χ4n) is 3.04. The molecule has 2 atom stereocenters. The normalized spacial score (nSPS) is 21.5. The van der Waals surface area contributed by atoms with Crippen molar-refractivity contribution in [3.05, 3.63) is 34.9 Å². The average Bonchev–Trinajstić information content (AvgIpc) is 3.11. The Morgan fingerprint density at radius 1 is 1.41 bits per heavy atom. The number of aromatic nitrogens is 4. The van der Waals surface area contributed by atoms with Crippen molar-refractivity contribution in [1.82, 2.24) is 24.9 Å². The largest absolute Gasteiger partial charge is 0.391 e. The summed E-state index contributed by atoms with van der Waals surface area (Å²) in [4.78, 5) is 14.3. The predicted octanol–water partition coefficient (Wildman–Crippen LogP) is 0.436. The fraction of sp³-hybridized carbons (Fsp3) is 0.533. The number of β-amino-alcohol motifs (C(OH)–C–C–N with tert-alkyl or cyclic N) is 1. The number of aliphatic hydroxyl groups is 1. The minimum Gasteiger partial charge on any atom is -0.391 e. The van der Waals surface area contributed by atoms with Crippen molar-refractivity contribution in [2.24, 2.45) is 13.0 Å². The van der Waals surface area contributed by atoms with E-state index in [1.54, 1.807) is 22.7 Å². The van der Waals surface area contributed by atoms with E-state index in [1.165, 1.54) is 0 Å². The van der Waals surface area contributed by atoms with Gasteiger partial charge in [0.1, 0.15) is 5.69 Å². The first-order valence-electron chi connectivity index (χ1n) is 7.43. The number of aliphatic hydroxyl groups excluding tert-OH is 1. The van der Waals surface area contributed by atoms with Gasteiger partial charge in [-0.2, -0.15) is 10.2 Å². The van der Waals surface area contributed by atoms with Crippen LogP contribution in [0.4, 0.5) is 0 Å². The smallest absolute Gasteiger partial charge is 0.272 e. The van der Waals surface area contributed by atoms with Gasteiger partial charge in [-0.25, -0.2) is 0 Å². The summed E-state index contributed by atoms with van der Waals surface area (Å²) in [6.07, 6.45) is 0.148. The van der Waals surface area contributed by atoms with Crippen molar-refractivity contribution in [3.8, 4) is 0 Å². The topological polar surface area (TPSA) is 87.0 Å². The molecule has 0 aromatic carbocycles. The van der Waals surface area contributed by atoms with Gasteiger partial charge in [-0.05, 0) is 32.4 Å². The molecule has 0 radical (unpaired) electrons. The van der Waals surface area contributed by atoms with E-state index >= 15 is 0 Å². The number of nitrogens with zero attached hydrogens (tertiary/aromatic N) is 4. The van der Waals surface area contributed by atoms with Gasteiger partial charge in [-0.15, -0.1) is 0 Å². The quantitative estimate of drug-likeness (QED) is 0.861. The standard InChI is InChI=1S/C15H21N5O2/c1-9-4-12(17-16-9)6-11-7-20(8-14(11)21)15(22)13-5-10(2)18-19(13)3/h4-5,11,14,21H,6-8H2,1-3H3,(H,16,17). The fourth-order valence-corrected chi connectivity index (χ4v) is 3.04. The Morgan fingerprint density at radius 3 is 2.77 bits per heavy atom. The van der Waals surface area contributed by atoms with Gasteiger partial charge in [-0.3, -0.25) is 14.6 Å². The molecule has 2 aromatic rings. The van der Waals surface area contributed by atoms with Gasteiger partial charge < -0.3 is 10.0 Å². The zero-order valence-electron chi connectivity index (χ0n) is 13.1. The molecule has 22 heavy (non-hydrogen) atoms. The molecule has 0 saturated carbocycles. The van der Waals surface area contributed by atoms with Gasteiger partial charge in [-0.1, -0.05) is 0 Å². The van der Waals surface area contributed by atoms with Crippen LogP contribution in [0, 0.1) is 19.8 Å². The first-order valence-corrected chi connectivity index (χ1v) is 7.43. The van der Waals surface area contributed by atoms with E-state index in [1.807, 2.05) is 19.9 Å². The molecule has 3 rings (SSSR count). The highest BCUT2D eigenvalue weighted by molar-refractivity contribution is 5.93. The number of aryl methyl sites for hydroxylation is 3. The zero-order valence-corrected chi connectivity index (χ0v) is 13.1. The van der Waals surface area contributed by atoms with Crippen LogP contribution in [0.3, 0.4) is 0 Å². The first kappa shape index (κ1) is 14.8. The first-order chi connectivity index (χ1) is 10.4. The molecule has 1 saturated heterocycles. The molecule has 7 nitrogen and oxygen atoms in total. The lowest BCUT2D eigenvalue weighted by atomic mass is 10.0. The van der Waals surface area contributed by atoms with E-state index in [9.17, 15) is 9.90 Å². The van der Waals surface area contributed by atoms with Crippen LogP contribution in [-0.2, 0) is 13.5 Å². The average molecular weight is 303 g/mol. The maximum absolute atomic E-state index is 12.6. The molecule has 3 heterocycles. The van der Waals surface area contributed by atoms with Crippen LogP contribution in [0.5, 0.6) is 0 Å². The Kier molecular flexibility index (Phi) is 3.74. The Labute approximate surface area is 128 Å². The van der Waals surface area contributed by atoms with E-state index < -0.39 is 6.10 Å². The molecule has 0 spiro atoms. The summed E-state index contributed by atoms with van der Waals surface area (Å²) in [5.41, 5.74) is 3.29. The molecular weight excluding hydrogens is 282 g/mol. The molecule has 1 amide bonds. The van der Waals surface area contributed by atoms with E-state index in [-0.39, 0.29) is 11.8 Å². The van der Waals surface area contributed by atoms with Gasteiger partial charge in [0.2, 0.25) is 0 Å². The van der Waals surface area contributed by atoms with Crippen LogP contribution in [0.2, 0.25) is 0 Å². The van der Waals surface area contributed by atoms with Crippen LogP contribution < -0.4 is 0 Å². The Hall–Kier alpha value is -2.15. The number of aromatic amines is 1. The molecule has 7 heteroatoms. The van der Waals surface area contributed by atoms with Crippen LogP contribution in [0.1, 0.15) is 27.6 Å². The zero-order chi connectivity index (χ0) is 15.9. The summed E-state index contributed by atoms with van der Waals surface area (Å²) in [5.74, 6) is -0.0659. The minimum atomic E-state index is -0.518. The third kappa shape index (κ3) is 2.76. The SMILES string of the molecule is Cc1cc(C(=O)N2CC(O)C(Cc3cc(C)[nH]n3)C2)n(C)n1. The number of hydrogen-bond acceptors (Lipinski definition) is 4. The lowest BCUT2D eigenvalue weighted by Gasteiger charge is -2.15. The molecule has 0 bridgehead atoms. The summed E-state index contributed by atoms with van der Waals surface area (Å²) < 4.78 is 1.59. The lowest BCUT2D eigenvalue weighted by molar-refractivity contribution is 0.0754. The van der Waals surface area contributed by atoms with E-state index in [0.29, 0.717) is 25.2 Å². The number of H-pyrrole nitrogens is 1. The number of amides is 1. The van der Waals surface area contributed by atoms with Crippen molar-refractivity contribution in [1.29, 1.82) is 0 Å². The third-order valence-electron chi connectivity index (χ3n) is 4.15. The van der Waals surface area contributed by atoms with Gasteiger partial charge in [0, 0.05) is 31.7 Å².